The monoisotopic (exact) mass is 191 g/mol. The maximum Gasteiger partial charge on any atom is 0.186 e. The molecule has 0 N–H and O–H groups in total. The van der Waals surface area contributed by atoms with Crippen LogP contribution in [-0.4, -0.2) is 10.8 Å². The molecule has 0 unspecified atom stereocenters. The van der Waals surface area contributed by atoms with E-state index in [0.29, 0.717) is 5.69 Å². The highest BCUT2D eigenvalue weighted by Crippen LogP contribution is 2.21. The number of carbonyl (C=O) groups excluding carboxylic acids is 1. The van der Waals surface area contributed by atoms with E-state index in [0.717, 1.165) is 12.0 Å². The minimum Gasteiger partial charge on any atom is -0.292 e. The fourth-order valence-corrected chi connectivity index (χ4v) is 1.28. The molecule has 0 saturated carbocycles. The van der Waals surface area contributed by atoms with Crippen molar-refractivity contribution in [1.82, 2.24) is 4.98 Å². The Hall–Kier alpha value is -1.18. The Balaban J connectivity index is 3.13. The number of hydrogen-bond donors (Lipinski definition) is 0. The molecule has 14 heavy (non-hydrogen) atoms. The van der Waals surface area contributed by atoms with Crippen molar-refractivity contribution in [2.75, 3.05) is 0 Å². The number of pyridine rings is 1. The van der Waals surface area contributed by atoms with Crippen LogP contribution in [0.2, 0.25) is 0 Å². The summed E-state index contributed by atoms with van der Waals surface area (Å²) in [5, 5.41) is 0. The molecule has 0 radical (unpaired) electrons. The Bertz CT molecular complexity index is 336. The van der Waals surface area contributed by atoms with E-state index in [1.165, 1.54) is 0 Å². The van der Waals surface area contributed by atoms with Gasteiger partial charge in [0.2, 0.25) is 0 Å². The molecule has 76 valence electrons. The van der Waals surface area contributed by atoms with Gasteiger partial charge >= 0.3 is 0 Å². The highest BCUT2D eigenvalue weighted by molar-refractivity contribution is 5.99. The first-order valence-electron chi connectivity index (χ1n) is 4.95. The molecular formula is C12H17NO. The van der Waals surface area contributed by atoms with Crippen LogP contribution in [-0.2, 0) is 6.42 Å². The van der Waals surface area contributed by atoms with Gasteiger partial charge in [0.05, 0.1) is 0 Å². The summed E-state index contributed by atoms with van der Waals surface area (Å²) in [7, 11) is 0. The average Bonchev–Trinajstić information content (AvgIpc) is 2.15. The van der Waals surface area contributed by atoms with E-state index >= 15 is 0 Å². The Morgan fingerprint density at radius 3 is 2.57 bits per heavy atom. The van der Waals surface area contributed by atoms with Gasteiger partial charge in [0, 0.05) is 11.6 Å². The lowest BCUT2D eigenvalue weighted by Crippen LogP contribution is -2.22. The van der Waals surface area contributed by atoms with Crippen LogP contribution in [0.5, 0.6) is 0 Å². The molecule has 2 heteroatoms. The van der Waals surface area contributed by atoms with Crippen LogP contribution in [0.25, 0.3) is 0 Å². The molecule has 1 heterocycles. The third kappa shape index (κ3) is 2.19. The summed E-state index contributed by atoms with van der Waals surface area (Å²) < 4.78 is 0. The molecule has 1 aromatic rings. The molecule has 2 nitrogen and oxygen atoms in total. The SMILES string of the molecule is CCc1cccnc1C(=O)C(C)(C)C. The zero-order valence-electron chi connectivity index (χ0n) is 9.29. The zero-order chi connectivity index (χ0) is 10.8. The van der Waals surface area contributed by atoms with Gasteiger partial charge in [-0.3, -0.25) is 9.78 Å². The summed E-state index contributed by atoms with van der Waals surface area (Å²) in [4.78, 5) is 16.1. The molecule has 1 rings (SSSR count). The molecule has 0 saturated heterocycles. The Morgan fingerprint density at radius 1 is 1.43 bits per heavy atom. The second-order valence-electron chi connectivity index (χ2n) is 4.44. The van der Waals surface area contributed by atoms with Crippen molar-refractivity contribution < 1.29 is 4.79 Å². The van der Waals surface area contributed by atoms with E-state index in [-0.39, 0.29) is 11.2 Å². The van der Waals surface area contributed by atoms with E-state index in [2.05, 4.69) is 4.98 Å². The molecule has 0 fully saturated rings. The third-order valence-electron chi connectivity index (χ3n) is 2.17. The number of nitrogens with zero attached hydrogens (tertiary/aromatic N) is 1. The van der Waals surface area contributed by atoms with Crippen LogP contribution in [0.3, 0.4) is 0 Å². The van der Waals surface area contributed by atoms with E-state index in [1.54, 1.807) is 6.20 Å². The number of hydrogen-bond acceptors (Lipinski definition) is 2. The van der Waals surface area contributed by atoms with Crippen molar-refractivity contribution >= 4 is 5.78 Å². The number of ketones is 1. The quantitative estimate of drug-likeness (QED) is 0.673. The van der Waals surface area contributed by atoms with Crippen LogP contribution < -0.4 is 0 Å². The summed E-state index contributed by atoms with van der Waals surface area (Å²) in [6.07, 6.45) is 2.53. The highest BCUT2D eigenvalue weighted by Gasteiger charge is 2.25. The Labute approximate surface area is 85.4 Å². The summed E-state index contributed by atoms with van der Waals surface area (Å²) in [6.45, 7) is 7.80. The first-order valence-corrected chi connectivity index (χ1v) is 4.95. The lowest BCUT2D eigenvalue weighted by Gasteiger charge is -2.17. The molecule has 0 amide bonds. The fraction of sp³-hybridized carbons (Fsp3) is 0.500. The number of rotatable bonds is 2. The van der Waals surface area contributed by atoms with Gasteiger partial charge in [0.15, 0.2) is 5.78 Å². The van der Waals surface area contributed by atoms with Crippen LogP contribution in [0, 0.1) is 5.41 Å². The van der Waals surface area contributed by atoms with Crippen molar-refractivity contribution in [2.24, 2.45) is 5.41 Å². The minimum atomic E-state index is -0.349. The number of aromatic nitrogens is 1. The maximum absolute atomic E-state index is 12.0. The van der Waals surface area contributed by atoms with Gasteiger partial charge in [-0.05, 0) is 18.1 Å². The smallest absolute Gasteiger partial charge is 0.186 e. The van der Waals surface area contributed by atoms with Crippen molar-refractivity contribution in [3.63, 3.8) is 0 Å². The second kappa shape index (κ2) is 3.91. The molecule has 0 aromatic carbocycles. The van der Waals surface area contributed by atoms with E-state index in [1.807, 2.05) is 39.8 Å². The van der Waals surface area contributed by atoms with Crippen LogP contribution in [0.15, 0.2) is 18.3 Å². The van der Waals surface area contributed by atoms with E-state index in [9.17, 15) is 4.79 Å². The molecule has 1 aromatic heterocycles. The van der Waals surface area contributed by atoms with Gasteiger partial charge in [-0.2, -0.15) is 0 Å². The molecule has 0 aliphatic carbocycles. The van der Waals surface area contributed by atoms with Gasteiger partial charge < -0.3 is 0 Å². The van der Waals surface area contributed by atoms with Crippen LogP contribution >= 0.6 is 0 Å². The molecule has 0 bridgehead atoms. The molecule has 0 aliphatic heterocycles. The van der Waals surface area contributed by atoms with Crippen molar-refractivity contribution in [3.05, 3.63) is 29.6 Å². The van der Waals surface area contributed by atoms with Crippen LogP contribution in [0.1, 0.15) is 43.7 Å². The minimum absolute atomic E-state index is 0.120. The topological polar surface area (TPSA) is 30.0 Å². The largest absolute Gasteiger partial charge is 0.292 e. The van der Waals surface area contributed by atoms with Gasteiger partial charge in [0.1, 0.15) is 5.69 Å². The Morgan fingerprint density at radius 2 is 2.07 bits per heavy atom. The molecule has 0 spiro atoms. The standard InChI is InChI=1S/C12H17NO/c1-5-9-7-6-8-13-10(9)11(14)12(2,3)4/h6-8H,5H2,1-4H3. The van der Waals surface area contributed by atoms with Gasteiger partial charge in [0.25, 0.3) is 0 Å². The molecule has 0 aliphatic rings. The number of carbonyl (C=O) groups is 1. The molecular weight excluding hydrogens is 174 g/mol. The lowest BCUT2D eigenvalue weighted by molar-refractivity contribution is 0.0852. The van der Waals surface area contributed by atoms with Crippen molar-refractivity contribution in [1.29, 1.82) is 0 Å². The zero-order valence-corrected chi connectivity index (χ0v) is 9.29. The highest BCUT2D eigenvalue weighted by atomic mass is 16.1. The predicted molar refractivity (Wildman–Crippen MR) is 57.4 cm³/mol. The van der Waals surface area contributed by atoms with Crippen molar-refractivity contribution in [3.8, 4) is 0 Å². The van der Waals surface area contributed by atoms with Crippen LogP contribution in [0.4, 0.5) is 0 Å². The van der Waals surface area contributed by atoms with Gasteiger partial charge in [-0.25, -0.2) is 0 Å². The summed E-state index contributed by atoms with van der Waals surface area (Å²) in [5.74, 6) is 0.120. The first kappa shape index (κ1) is 10.9. The summed E-state index contributed by atoms with van der Waals surface area (Å²) in [6, 6.07) is 3.84. The van der Waals surface area contributed by atoms with E-state index in [4.69, 9.17) is 0 Å². The van der Waals surface area contributed by atoms with Gasteiger partial charge in [-0.1, -0.05) is 33.8 Å². The number of aryl methyl sites for hydroxylation is 1. The first-order chi connectivity index (χ1) is 6.46. The maximum atomic E-state index is 12.0. The van der Waals surface area contributed by atoms with E-state index < -0.39 is 0 Å². The lowest BCUT2D eigenvalue weighted by atomic mass is 9.87. The summed E-state index contributed by atoms with van der Waals surface area (Å²) in [5.41, 5.74) is 1.31. The normalized spacial score (nSPS) is 11.4. The molecule has 0 atom stereocenters. The predicted octanol–water partition coefficient (Wildman–Crippen LogP) is 2.87. The Kier molecular flexibility index (Phi) is 3.04. The van der Waals surface area contributed by atoms with Gasteiger partial charge in [-0.15, -0.1) is 0 Å². The number of Topliss-reactive ketones (excluding diaryl/α,β-unsaturated/α-hetero) is 1. The van der Waals surface area contributed by atoms with Crippen molar-refractivity contribution in [2.45, 2.75) is 34.1 Å². The second-order valence-corrected chi connectivity index (χ2v) is 4.44. The fourth-order valence-electron chi connectivity index (χ4n) is 1.28. The third-order valence-corrected chi connectivity index (χ3v) is 2.17. The average molecular weight is 191 g/mol. The summed E-state index contributed by atoms with van der Waals surface area (Å²) >= 11 is 0.